The highest BCUT2D eigenvalue weighted by Gasteiger charge is 2.21. The summed E-state index contributed by atoms with van der Waals surface area (Å²) >= 11 is 0. The molecular weight excluding hydrogens is 234 g/mol. The third-order valence-corrected chi connectivity index (χ3v) is 3.56. The highest BCUT2D eigenvalue weighted by atomic mass is 16.5. The summed E-state index contributed by atoms with van der Waals surface area (Å²) in [5, 5.41) is 0. The first-order valence-corrected chi connectivity index (χ1v) is 7.41. The Hall–Kier alpha value is -0.860. The van der Waals surface area contributed by atoms with Crippen LogP contribution in [0.25, 0.3) is 0 Å². The Morgan fingerprint density at radius 1 is 1.05 bits per heavy atom. The summed E-state index contributed by atoms with van der Waals surface area (Å²) in [4.78, 5) is 0. The molecule has 0 saturated heterocycles. The molecule has 0 aliphatic rings. The van der Waals surface area contributed by atoms with Gasteiger partial charge in [0.15, 0.2) is 0 Å². The van der Waals surface area contributed by atoms with Gasteiger partial charge in [0.2, 0.25) is 0 Å². The Labute approximate surface area is 118 Å². The lowest BCUT2D eigenvalue weighted by molar-refractivity contribution is 0.0128. The predicted octanol–water partition coefficient (Wildman–Crippen LogP) is 3.74. The molecule has 0 saturated carbocycles. The zero-order valence-electron chi connectivity index (χ0n) is 13.0. The monoisotopic (exact) mass is 263 g/mol. The lowest BCUT2D eigenvalue weighted by atomic mass is 9.93. The van der Waals surface area contributed by atoms with Gasteiger partial charge in [-0.2, -0.15) is 0 Å². The van der Waals surface area contributed by atoms with Gasteiger partial charge in [-0.15, -0.1) is 0 Å². The van der Waals surface area contributed by atoms with Crippen molar-refractivity contribution in [3.63, 3.8) is 0 Å². The van der Waals surface area contributed by atoms with Crippen molar-refractivity contribution in [2.45, 2.75) is 59.1 Å². The Morgan fingerprint density at radius 2 is 1.63 bits per heavy atom. The number of hydrogen-bond acceptors (Lipinski definition) is 2. The van der Waals surface area contributed by atoms with E-state index in [1.807, 2.05) is 6.92 Å². The quantitative estimate of drug-likeness (QED) is 0.813. The second-order valence-electron chi connectivity index (χ2n) is 5.93. The van der Waals surface area contributed by atoms with Crippen molar-refractivity contribution in [3.05, 3.63) is 35.4 Å². The summed E-state index contributed by atoms with van der Waals surface area (Å²) < 4.78 is 5.77. The van der Waals surface area contributed by atoms with E-state index in [9.17, 15) is 0 Å². The van der Waals surface area contributed by atoms with Crippen LogP contribution in [-0.4, -0.2) is 18.8 Å². The first kappa shape index (κ1) is 16.2. The van der Waals surface area contributed by atoms with Crippen molar-refractivity contribution in [1.29, 1.82) is 0 Å². The van der Waals surface area contributed by atoms with Gasteiger partial charge in [0.05, 0.1) is 6.10 Å². The summed E-state index contributed by atoms with van der Waals surface area (Å²) in [7, 11) is 0. The third kappa shape index (κ3) is 4.96. The van der Waals surface area contributed by atoms with Crippen molar-refractivity contribution in [2.24, 2.45) is 11.7 Å². The zero-order valence-corrected chi connectivity index (χ0v) is 13.0. The number of ether oxygens (including phenoxy) is 1. The Balaban J connectivity index is 2.66. The maximum Gasteiger partial charge on any atom is 0.0751 e. The SMILES string of the molecule is CCOC(C(C)C)C(N)Cc1ccc(C(C)C)cc1. The predicted molar refractivity (Wildman–Crippen MR) is 82.5 cm³/mol. The molecule has 1 aromatic carbocycles. The minimum absolute atomic E-state index is 0.0600. The standard InChI is InChI=1S/C17H29NO/c1-6-19-17(13(4)5)16(18)11-14-7-9-15(10-8-14)12(2)3/h7-10,12-13,16-17H,6,11,18H2,1-5H3. The highest BCUT2D eigenvalue weighted by Crippen LogP contribution is 2.17. The molecule has 0 aromatic heterocycles. The van der Waals surface area contributed by atoms with Crippen LogP contribution < -0.4 is 5.73 Å². The van der Waals surface area contributed by atoms with Crippen LogP contribution in [0.1, 0.15) is 51.7 Å². The van der Waals surface area contributed by atoms with Gasteiger partial charge in [0, 0.05) is 12.6 Å². The molecule has 1 aromatic rings. The molecule has 19 heavy (non-hydrogen) atoms. The molecule has 2 heteroatoms. The molecule has 0 fully saturated rings. The van der Waals surface area contributed by atoms with Gasteiger partial charge in [0.25, 0.3) is 0 Å². The van der Waals surface area contributed by atoms with Crippen molar-refractivity contribution in [3.8, 4) is 0 Å². The van der Waals surface area contributed by atoms with Crippen molar-refractivity contribution < 1.29 is 4.74 Å². The van der Waals surface area contributed by atoms with Crippen LogP contribution in [0.4, 0.5) is 0 Å². The van der Waals surface area contributed by atoms with Gasteiger partial charge >= 0.3 is 0 Å². The van der Waals surface area contributed by atoms with Gasteiger partial charge in [0.1, 0.15) is 0 Å². The summed E-state index contributed by atoms with van der Waals surface area (Å²) in [6.07, 6.45) is 1.01. The molecule has 108 valence electrons. The molecule has 2 unspecified atom stereocenters. The average Bonchev–Trinajstić information content (AvgIpc) is 2.36. The Bertz CT molecular complexity index is 356. The molecular formula is C17H29NO. The lowest BCUT2D eigenvalue weighted by Crippen LogP contribution is -2.42. The summed E-state index contributed by atoms with van der Waals surface area (Å²) in [6, 6.07) is 8.86. The van der Waals surface area contributed by atoms with Gasteiger partial charge in [-0.25, -0.2) is 0 Å². The second-order valence-corrected chi connectivity index (χ2v) is 5.93. The van der Waals surface area contributed by atoms with Crippen LogP contribution in [0.3, 0.4) is 0 Å². The molecule has 2 N–H and O–H groups in total. The van der Waals surface area contributed by atoms with Gasteiger partial charge in [-0.05, 0) is 36.3 Å². The normalized spacial score (nSPS) is 14.9. The zero-order chi connectivity index (χ0) is 14.4. The van der Waals surface area contributed by atoms with E-state index in [2.05, 4.69) is 52.0 Å². The van der Waals surface area contributed by atoms with Crippen molar-refractivity contribution in [2.75, 3.05) is 6.61 Å². The number of nitrogens with two attached hydrogens (primary N) is 1. The van der Waals surface area contributed by atoms with Crippen LogP contribution in [0.5, 0.6) is 0 Å². The summed E-state index contributed by atoms with van der Waals surface area (Å²) in [5.41, 5.74) is 8.98. The maximum absolute atomic E-state index is 6.31. The van der Waals surface area contributed by atoms with Crippen LogP contribution in [-0.2, 0) is 11.2 Å². The Morgan fingerprint density at radius 3 is 2.05 bits per heavy atom. The summed E-state index contributed by atoms with van der Waals surface area (Å²) in [6.45, 7) is 11.5. The van der Waals surface area contributed by atoms with Crippen LogP contribution >= 0.6 is 0 Å². The molecule has 2 atom stereocenters. The molecule has 2 nitrogen and oxygen atoms in total. The molecule has 0 bridgehead atoms. The van der Waals surface area contributed by atoms with E-state index in [4.69, 9.17) is 10.5 Å². The first-order valence-electron chi connectivity index (χ1n) is 7.41. The fourth-order valence-electron chi connectivity index (χ4n) is 2.43. The third-order valence-electron chi connectivity index (χ3n) is 3.56. The van der Waals surface area contributed by atoms with Crippen LogP contribution in [0.15, 0.2) is 24.3 Å². The van der Waals surface area contributed by atoms with E-state index in [0.717, 1.165) is 13.0 Å². The molecule has 0 heterocycles. The molecule has 0 aliphatic carbocycles. The summed E-state index contributed by atoms with van der Waals surface area (Å²) in [5.74, 6) is 1.03. The van der Waals surface area contributed by atoms with Crippen LogP contribution in [0.2, 0.25) is 0 Å². The smallest absolute Gasteiger partial charge is 0.0751 e. The lowest BCUT2D eigenvalue weighted by Gasteiger charge is -2.27. The number of hydrogen-bond donors (Lipinski definition) is 1. The van der Waals surface area contributed by atoms with E-state index in [1.165, 1.54) is 11.1 Å². The number of benzene rings is 1. The average molecular weight is 263 g/mol. The molecule has 0 amide bonds. The minimum atomic E-state index is 0.0600. The number of rotatable bonds is 7. The molecule has 0 spiro atoms. The van der Waals surface area contributed by atoms with E-state index in [-0.39, 0.29) is 12.1 Å². The maximum atomic E-state index is 6.31. The molecule has 0 aliphatic heterocycles. The van der Waals surface area contributed by atoms with Crippen LogP contribution in [0, 0.1) is 5.92 Å². The second kappa shape index (κ2) is 7.66. The molecule has 0 radical (unpaired) electrons. The van der Waals surface area contributed by atoms with Gasteiger partial charge in [-0.1, -0.05) is 52.0 Å². The first-order chi connectivity index (χ1) is 8.95. The largest absolute Gasteiger partial charge is 0.377 e. The molecule has 1 rings (SSSR count). The highest BCUT2D eigenvalue weighted by molar-refractivity contribution is 5.25. The topological polar surface area (TPSA) is 35.2 Å². The van der Waals surface area contributed by atoms with E-state index < -0.39 is 0 Å². The van der Waals surface area contributed by atoms with E-state index in [0.29, 0.717) is 11.8 Å². The fourth-order valence-corrected chi connectivity index (χ4v) is 2.43. The van der Waals surface area contributed by atoms with Gasteiger partial charge in [-0.3, -0.25) is 0 Å². The van der Waals surface area contributed by atoms with E-state index in [1.54, 1.807) is 0 Å². The fraction of sp³-hybridized carbons (Fsp3) is 0.647. The Kier molecular flexibility index (Phi) is 6.53. The van der Waals surface area contributed by atoms with Crippen molar-refractivity contribution >= 4 is 0 Å². The van der Waals surface area contributed by atoms with E-state index >= 15 is 0 Å². The van der Waals surface area contributed by atoms with Crippen molar-refractivity contribution in [1.82, 2.24) is 0 Å². The van der Waals surface area contributed by atoms with Gasteiger partial charge < -0.3 is 10.5 Å². The minimum Gasteiger partial charge on any atom is -0.377 e.